The molecule has 21 heavy (non-hydrogen) atoms. The van der Waals surface area contributed by atoms with Crippen LogP contribution in [0.2, 0.25) is 0 Å². The minimum absolute atomic E-state index is 0.00827. The van der Waals surface area contributed by atoms with Crippen LogP contribution >= 0.6 is 0 Å². The summed E-state index contributed by atoms with van der Waals surface area (Å²) in [5.41, 5.74) is -1.15. The molecule has 0 aromatic heterocycles. The van der Waals surface area contributed by atoms with Crippen LogP contribution in [0.3, 0.4) is 0 Å². The number of carboxylic acid groups (broad SMARTS) is 1. The van der Waals surface area contributed by atoms with Gasteiger partial charge in [0.25, 0.3) is 0 Å². The maximum atomic E-state index is 12.6. The molecule has 0 aromatic carbocycles. The normalized spacial score (nSPS) is 29.0. The number of amides is 2. The molecule has 6 nitrogen and oxygen atoms in total. The Morgan fingerprint density at radius 1 is 1.14 bits per heavy atom. The molecule has 2 heterocycles. The highest BCUT2D eigenvalue weighted by Crippen LogP contribution is 2.38. The molecular formula is C15H26N2O4. The summed E-state index contributed by atoms with van der Waals surface area (Å²) in [6.07, 6.45) is 0.527. The Labute approximate surface area is 126 Å². The lowest BCUT2D eigenvalue weighted by Crippen LogP contribution is -2.54. The first-order chi connectivity index (χ1) is 9.68. The molecule has 120 valence electrons. The Bertz CT molecular complexity index is 435. The van der Waals surface area contributed by atoms with E-state index < -0.39 is 11.4 Å². The van der Waals surface area contributed by atoms with Crippen molar-refractivity contribution in [2.24, 2.45) is 11.3 Å². The first-order valence-electron chi connectivity index (χ1n) is 7.59. The van der Waals surface area contributed by atoms with Gasteiger partial charge in [0.05, 0.1) is 24.2 Å². The number of ether oxygens (including phenoxy) is 1. The fourth-order valence-corrected chi connectivity index (χ4v) is 3.27. The van der Waals surface area contributed by atoms with Crippen molar-refractivity contribution >= 4 is 12.0 Å². The van der Waals surface area contributed by atoms with E-state index in [1.807, 2.05) is 27.7 Å². The molecule has 0 saturated carbocycles. The third-order valence-electron chi connectivity index (χ3n) is 4.80. The lowest BCUT2D eigenvalue weighted by molar-refractivity contribution is -0.150. The molecule has 1 unspecified atom stereocenters. The van der Waals surface area contributed by atoms with Gasteiger partial charge in [0.2, 0.25) is 0 Å². The minimum atomic E-state index is -0.808. The molecule has 0 aromatic rings. The van der Waals surface area contributed by atoms with Crippen LogP contribution in [0, 0.1) is 11.3 Å². The van der Waals surface area contributed by atoms with Crippen molar-refractivity contribution in [3.8, 4) is 0 Å². The van der Waals surface area contributed by atoms with E-state index in [9.17, 15) is 14.7 Å². The summed E-state index contributed by atoms with van der Waals surface area (Å²) in [7, 11) is 0. The van der Waals surface area contributed by atoms with Crippen LogP contribution in [-0.4, -0.2) is 65.3 Å². The summed E-state index contributed by atoms with van der Waals surface area (Å²) < 4.78 is 5.62. The number of likely N-dealkylation sites (tertiary alicyclic amines) is 1. The van der Waals surface area contributed by atoms with E-state index in [0.717, 1.165) is 0 Å². The second kappa shape index (κ2) is 5.48. The van der Waals surface area contributed by atoms with E-state index in [2.05, 4.69) is 0 Å². The predicted octanol–water partition coefficient (Wildman–Crippen LogP) is 1.65. The average Bonchev–Trinajstić information content (AvgIpc) is 2.83. The molecule has 1 N–H and O–H groups in total. The number of carbonyl (C=O) groups is 2. The van der Waals surface area contributed by atoms with E-state index in [4.69, 9.17) is 4.74 Å². The number of morpholine rings is 1. The van der Waals surface area contributed by atoms with Crippen LogP contribution in [0.5, 0.6) is 0 Å². The highest BCUT2D eigenvalue weighted by molar-refractivity contribution is 5.80. The number of hydrogen-bond donors (Lipinski definition) is 1. The maximum absolute atomic E-state index is 12.6. The van der Waals surface area contributed by atoms with E-state index in [1.54, 1.807) is 9.80 Å². The first kappa shape index (κ1) is 16.1. The van der Waals surface area contributed by atoms with Gasteiger partial charge in [0.1, 0.15) is 0 Å². The SMILES string of the molecule is CC(C)C1(C(=O)O)CCN(C(=O)N2CCOC(C)(C)C2)C1. The molecule has 0 bridgehead atoms. The largest absolute Gasteiger partial charge is 0.481 e. The summed E-state index contributed by atoms with van der Waals surface area (Å²) in [4.78, 5) is 27.7. The van der Waals surface area contributed by atoms with Gasteiger partial charge in [-0.2, -0.15) is 0 Å². The summed E-state index contributed by atoms with van der Waals surface area (Å²) in [6.45, 7) is 10.2. The van der Waals surface area contributed by atoms with Gasteiger partial charge in [-0.05, 0) is 26.2 Å². The first-order valence-corrected chi connectivity index (χ1v) is 7.59. The third kappa shape index (κ3) is 3.00. The summed E-state index contributed by atoms with van der Waals surface area (Å²) in [6, 6.07) is -0.0600. The Morgan fingerprint density at radius 3 is 2.24 bits per heavy atom. The number of carboxylic acids is 1. The van der Waals surface area contributed by atoms with Crippen molar-refractivity contribution < 1.29 is 19.4 Å². The third-order valence-corrected chi connectivity index (χ3v) is 4.80. The van der Waals surface area contributed by atoms with Crippen molar-refractivity contribution in [1.82, 2.24) is 9.80 Å². The quantitative estimate of drug-likeness (QED) is 0.841. The van der Waals surface area contributed by atoms with Crippen molar-refractivity contribution in [2.45, 2.75) is 39.7 Å². The standard InChI is InChI=1S/C15H26N2O4/c1-11(2)15(12(18)19)5-6-16(10-15)13(20)17-7-8-21-14(3,4)9-17/h11H,5-10H2,1-4H3,(H,18,19). The van der Waals surface area contributed by atoms with Crippen LogP contribution in [0.4, 0.5) is 4.79 Å². The van der Waals surface area contributed by atoms with Crippen LogP contribution in [0.15, 0.2) is 0 Å². The molecule has 2 fully saturated rings. The topological polar surface area (TPSA) is 70.1 Å². The number of urea groups is 1. The van der Waals surface area contributed by atoms with Crippen LogP contribution < -0.4 is 0 Å². The summed E-state index contributed by atoms with van der Waals surface area (Å²) >= 11 is 0. The zero-order chi connectivity index (χ0) is 15.8. The van der Waals surface area contributed by atoms with Gasteiger partial charge >= 0.3 is 12.0 Å². The average molecular weight is 298 g/mol. The van der Waals surface area contributed by atoms with Crippen LogP contribution in [0.25, 0.3) is 0 Å². The van der Waals surface area contributed by atoms with E-state index in [1.165, 1.54) is 0 Å². The predicted molar refractivity (Wildman–Crippen MR) is 78.1 cm³/mol. The van der Waals surface area contributed by atoms with E-state index in [0.29, 0.717) is 39.2 Å². The van der Waals surface area contributed by atoms with Gasteiger partial charge in [0.15, 0.2) is 0 Å². The van der Waals surface area contributed by atoms with E-state index >= 15 is 0 Å². The lowest BCUT2D eigenvalue weighted by atomic mass is 9.76. The van der Waals surface area contributed by atoms with Crippen molar-refractivity contribution in [1.29, 1.82) is 0 Å². The molecule has 0 aliphatic carbocycles. The zero-order valence-corrected chi connectivity index (χ0v) is 13.4. The van der Waals surface area contributed by atoms with Gasteiger partial charge in [-0.1, -0.05) is 13.8 Å². The van der Waals surface area contributed by atoms with Gasteiger partial charge < -0.3 is 19.6 Å². The lowest BCUT2D eigenvalue weighted by Gasteiger charge is -2.40. The number of nitrogens with zero attached hydrogens (tertiary/aromatic N) is 2. The van der Waals surface area contributed by atoms with Crippen molar-refractivity contribution in [3.05, 3.63) is 0 Å². The van der Waals surface area contributed by atoms with Crippen LogP contribution in [0.1, 0.15) is 34.1 Å². The molecule has 2 amide bonds. The minimum Gasteiger partial charge on any atom is -0.481 e. The molecule has 6 heteroatoms. The molecular weight excluding hydrogens is 272 g/mol. The Morgan fingerprint density at radius 2 is 1.76 bits per heavy atom. The summed E-state index contributed by atoms with van der Waals surface area (Å²) in [5.74, 6) is -0.788. The van der Waals surface area contributed by atoms with Gasteiger partial charge in [-0.15, -0.1) is 0 Å². The number of aliphatic carboxylic acids is 1. The smallest absolute Gasteiger partial charge is 0.320 e. The maximum Gasteiger partial charge on any atom is 0.320 e. The number of hydrogen-bond acceptors (Lipinski definition) is 3. The highest BCUT2D eigenvalue weighted by Gasteiger charge is 2.49. The highest BCUT2D eigenvalue weighted by atomic mass is 16.5. The summed E-state index contributed by atoms with van der Waals surface area (Å²) in [5, 5.41) is 9.56. The molecule has 2 rings (SSSR count). The Balaban J connectivity index is 2.07. The number of rotatable bonds is 2. The Kier molecular flexibility index (Phi) is 4.19. The van der Waals surface area contributed by atoms with Gasteiger partial charge in [0, 0.05) is 19.6 Å². The molecule has 0 spiro atoms. The molecule has 2 aliphatic rings. The second-order valence-corrected chi connectivity index (χ2v) is 7.10. The molecule has 2 aliphatic heterocycles. The monoisotopic (exact) mass is 298 g/mol. The van der Waals surface area contributed by atoms with Gasteiger partial charge in [-0.3, -0.25) is 4.79 Å². The van der Waals surface area contributed by atoms with Crippen molar-refractivity contribution in [2.75, 3.05) is 32.8 Å². The second-order valence-electron chi connectivity index (χ2n) is 7.10. The molecule has 0 radical (unpaired) electrons. The fourth-order valence-electron chi connectivity index (χ4n) is 3.27. The molecule has 1 atom stereocenters. The Hall–Kier alpha value is -1.30. The fraction of sp³-hybridized carbons (Fsp3) is 0.867. The van der Waals surface area contributed by atoms with Gasteiger partial charge in [-0.25, -0.2) is 4.79 Å². The van der Waals surface area contributed by atoms with Crippen molar-refractivity contribution in [3.63, 3.8) is 0 Å². The number of carbonyl (C=O) groups excluding carboxylic acids is 1. The molecule has 2 saturated heterocycles. The zero-order valence-electron chi connectivity index (χ0n) is 13.4. The van der Waals surface area contributed by atoms with Crippen LogP contribution in [-0.2, 0) is 9.53 Å². The van der Waals surface area contributed by atoms with E-state index in [-0.39, 0.29) is 17.6 Å².